The molecule has 0 saturated heterocycles. The molecule has 0 radical (unpaired) electrons. The van der Waals surface area contributed by atoms with Gasteiger partial charge in [0.25, 0.3) is 0 Å². The lowest BCUT2D eigenvalue weighted by Gasteiger charge is -2.17. The molecule has 8 nitrogen and oxygen atoms in total. The normalized spacial score (nSPS) is 12.0. The van der Waals surface area contributed by atoms with E-state index >= 15 is 0 Å². The molecule has 9 heteroatoms. The molecule has 0 fully saturated rings. The number of aryl methyl sites for hydroxylation is 1. The lowest BCUT2D eigenvalue weighted by Crippen LogP contribution is -2.04. The summed E-state index contributed by atoms with van der Waals surface area (Å²) in [4.78, 5) is 10.9. The van der Waals surface area contributed by atoms with Crippen molar-refractivity contribution in [3.63, 3.8) is 0 Å². The van der Waals surface area contributed by atoms with E-state index in [0.717, 1.165) is 5.56 Å². The fourth-order valence-electron chi connectivity index (χ4n) is 3.01. The third-order valence-corrected chi connectivity index (χ3v) is 5.67. The molecule has 0 heterocycles. The van der Waals surface area contributed by atoms with Gasteiger partial charge in [-0.25, -0.2) is 13.2 Å². The average Bonchev–Trinajstić information content (AvgIpc) is 2.65. The predicted molar refractivity (Wildman–Crippen MR) is 103 cm³/mol. The molecule has 3 rings (SSSR count). The Bertz CT molecular complexity index is 1300. The van der Waals surface area contributed by atoms with Crippen molar-refractivity contribution in [2.24, 2.45) is 10.2 Å². The van der Waals surface area contributed by atoms with Crippen LogP contribution in [-0.2, 0) is 10.1 Å². The standard InChI is InChI=1S/C20H18N2O6S/c1-10-8-16(29(26,27)28)17(12(3)11(10)2)21-22-18-14-7-5-4-6-13(14)9-15(19(18)23)20(24)25/h4-9,23H,1-3H3,(H,24,25)(H,26,27,28)/p-2. The minimum Gasteiger partial charge on any atom is -0.870 e. The molecule has 0 aliphatic rings. The van der Waals surface area contributed by atoms with Gasteiger partial charge in [0.15, 0.2) is 0 Å². The molecule has 0 unspecified atom stereocenters. The maximum absolute atomic E-state index is 12.6. The zero-order valence-corrected chi connectivity index (χ0v) is 16.6. The summed E-state index contributed by atoms with van der Waals surface area (Å²) in [6, 6.07) is 8.98. The van der Waals surface area contributed by atoms with Gasteiger partial charge in [-0.05, 0) is 55.0 Å². The number of rotatable bonds is 4. The Morgan fingerprint density at radius 1 is 1.00 bits per heavy atom. The second-order valence-electron chi connectivity index (χ2n) is 6.57. The Morgan fingerprint density at radius 3 is 2.24 bits per heavy atom. The lowest BCUT2D eigenvalue weighted by molar-refractivity contribution is -0.267. The van der Waals surface area contributed by atoms with E-state index in [1.165, 1.54) is 12.1 Å². The summed E-state index contributed by atoms with van der Waals surface area (Å²) in [6.07, 6.45) is 0. The van der Waals surface area contributed by atoms with Gasteiger partial charge in [0.2, 0.25) is 0 Å². The van der Waals surface area contributed by atoms with E-state index in [1.807, 2.05) is 0 Å². The van der Waals surface area contributed by atoms with Gasteiger partial charge in [0, 0.05) is 5.39 Å². The molecular formula is C20H16N2O6S-2. The summed E-state index contributed by atoms with van der Waals surface area (Å²) >= 11 is 0. The van der Waals surface area contributed by atoms with Crippen LogP contribution in [0.25, 0.3) is 10.8 Å². The first kappa shape index (κ1) is 20.4. The molecule has 0 bridgehead atoms. The van der Waals surface area contributed by atoms with Gasteiger partial charge in [-0.15, -0.1) is 5.11 Å². The van der Waals surface area contributed by atoms with Crippen LogP contribution < -0.4 is 5.11 Å². The van der Waals surface area contributed by atoms with Crippen molar-refractivity contribution in [3.8, 4) is 5.75 Å². The second kappa shape index (κ2) is 7.26. The van der Waals surface area contributed by atoms with Crippen LogP contribution in [0.2, 0.25) is 0 Å². The molecule has 29 heavy (non-hydrogen) atoms. The highest BCUT2D eigenvalue weighted by Crippen LogP contribution is 2.39. The van der Waals surface area contributed by atoms with Gasteiger partial charge in [-0.1, -0.05) is 30.0 Å². The van der Waals surface area contributed by atoms with E-state index < -0.39 is 32.3 Å². The molecule has 0 amide bonds. The number of hydrogen-bond acceptors (Lipinski definition) is 7. The lowest BCUT2D eigenvalue weighted by atomic mass is 10.0. The number of hydrogen-bond donors (Lipinski definition) is 1. The molecule has 0 aromatic heterocycles. The van der Waals surface area contributed by atoms with Crippen molar-refractivity contribution in [1.29, 1.82) is 0 Å². The first-order valence-electron chi connectivity index (χ1n) is 8.47. The summed E-state index contributed by atoms with van der Waals surface area (Å²) in [5.41, 5.74) is 0.844. The highest BCUT2D eigenvalue weighted by atomic mass is 32.2. The number of aromatic carboxylic acids is 1. The summed E-state index contributed by atoms with van der Waals surface area (Å²) in [7, 11) is -4.85. The number of azo groups is 1. The summed E-state index contributed by atoms with van der Waals surface area (Å²) in [5, 5.41) is 30.6. The minimum absolute atomic E-state index is 0.174. The highest BCUT2D eigenvalue weighted by molar-refractivity contribution is 7.86. The first-order valence-corrected chi connectivity index (χ1v) is 9.87. The van der Waals surface area contributed by atoms with E-state index in [0.29, 0.717) is 21.9 Å². The van der Waals surface area contributed by atoms with Crippen LogP contribution in [0.1, 0.15) is 27.0 Å². The fraction of sp³-hybridized carbons (Fsp3) is 0.150. The van der Waals surface area contributed by atoms with Crippen molar-refractivity contribution < 1.29 is 28.0 Å². The number of carboxylic acid groups (broad SMARTS) is 1. The Kier molecular flexibility index (Phi) is 5.12. The molecule has 3 aromatic rings. The molecular weight excluding hydrogens is 396 g/mol. The van der Waals surface area contributed by atoms with Crippen molar-refractivity contribution in [2.45, 2.75) is 25.7 Å². The molecule has 0 spiro atoms. The molecule has 3 aromatic carbocycles. The van der Waals surface area contributed by atoms with Crippen molar-refractivity contribution in [2.75, 3.05) is 0 Å². The van der Waals surface area contributed by atoms with Crippen molar-refractivity contribution >= 4 is 38.2 Å². The average molecular weight is 412 g/mol. The van der Waals surface area contributed by atoms with Gasteiger partial charge in [0.05, 0.1) is 16.1 Å². The smallest absolute Gasteiger partial charge is 0.335 e. The molecule has 0 saturated carbocycles. The Balaban J connectivity index is 2.32. The van der Waals surface area contributed by atoms with Crippen LogP contribution >= 0.6 is 0 Å². The van der Waals surface area contributed by atoms with Crippen molar-refractivity contribution in [1.82, 2.24) is 0 Å². The monoisotopic (exact) mass is 412 g/mol. The van der Waals surface area contributed by atoms with Crippen LogP contribution in [0.5, 0.6) is 5.75 Å². The Morgan fingerprint density at radius 2 is 1.62 bits per heavy atom. The van der Waals surface area contributed by atoms with Gasteiger partial charge in [-0.3, -0.25) is 0 Å². The van der Waals surface area contributed by atoms with Gasteiger partial charge in [0.1, 0.15) is 15.8 Å². The van der Waals surface area contributed by atoms with E-state index in [2.05, 4.69) is 10.2 Å². The van der Waals surface area contributed by atoms with Gasteiger partial charge >= 0.3 is 5.97 Å². The van der Waals surface area contributed by atoms with Crippen molar-refractivity contribution in [3.05, 3.63) is 58.7 Å². The third kappa shape index (κ3) is 3.69. The van der Waals surface area contributed by atoms with Gasteiger partial charge in [-0.2, -0.15) is 5.11 Å². The molecule has 150 valence electrons. The zero-order valence-electron chi connectivity index (χ0n) is 15.8. The first-order chi connectivity index (χ1) is 13.5. The highest BCUT2D eigenvalue weighted by Gasteiger charge is 2.16. The topological polar surface area (TPSA) is 142 Å². The second-order valence-corrected chi connectivity index (χ2v) is 7.92. The number of carbonyl (C=O) groups is 1. The van der Waals surface area contributed by atoms with Crippen LogP contribution in [0.3, 0.4) is 0 Å². The van der Waals surface area contributed by atoms with E-state index in [-0.39, 0.29) is 11.4 Å². The number of carboxylic acids is 1. The van der Waals surface area contributed by atoms with Crippen LogP contribution in [0.4, 0.5) is 11.4 Å². The zero-order chi connectivity index (χ0) is 21.5. The van der Waals surface area contributed by atoms with E-state index in [4.69, 9.17) is 0 Å². The fourth-order valence-corrected chi connectivity index (χ4v) is 3.77. The summed E-state index contributed by atoms with van der Waals surface area (Å²) in [6.45, 7) is 5.00. The van der Waals surface area contributed by atoms with Crippen LogP contribution in [0.15, 0.2) is 51.5 Å². The largest absolute Gasteiger partial charge is 0.870 e. The van der Waals surface area contributed by atoms with Gasteiger partial charge < -0.3 is 14.8 Å². The predicted octanol–water partition coefficient (Wildman–Crippen LogP) is 3.86. The molecule has 1 N–H and O–H groups in total. The van der Waals surface area contributed by atoms with Crippen LogP contribution in [-0.4, -0.2) is 24.0 Å². The Labute approximate surface area is 166 Å². The maximum Gasteiger partial charge on any atom is 0.335 e. The molecule has 0 aliphatic heterocycles. The Hall–Kier alpha value is -3.30. The third-order valence-electron chi connectivity index (χ3n) is 4.82. The number of fused-ring (bicyclic) bond motifs is 1. The summed E-state index contributed by atoms with van der Waals surface area (Å²) in [5.74, 6) is -2.27. The molecule has 0 atom stereocenters. The maximum atomic E-state index is 12.6. The molecule has 0 aliphatic carbocycles. The van der Waals surface area contributed by atoms with E-state index in [9.17, 15) is 28.0 Å². The SMILES string of the molecule is Cc1cc(S(=O)(=O)[O-])c(N=Nc2c([O-])c(C(=O)O)cc3ccccc23)c(C)c1C. The quantitative estimate of drug-likeness (QED) is 0.509. The number of nitrogens with zero attached hydrogens (tertiary/aromatic N) is 2. The number of benzene rings is 3. The summed E-state index contributed by atoms with van der Waals surface area (Å²) < 4.78 is 35.1. The minimum atomic E-state index is -4.85. The van der Waals surface area contributed by atoms with E-state index in [1.54, 1.807) is 45.0 Å². The van der Waals surface area contributed by atoms with Crippen LogP contribution in [0, 0.1) is 20.8 Å².